The van der Waals surface area contributed by atoms with Gasteiger partial charge in [-0.3, -0.25) is 0 Å². The Labute approximate surface area is 260 Å². The lowest BCUT2D eigenvalue weighted by atomic mass is 9.85. The number of rotatable bonds is 8. The quantitative estimate of drug-likeness (QED) is 0.0971. The lowest BCUT2D eigenvalue weighted by Gasteiger charge is -2.19. The van der Waals surface area contributed by atoms with Crippen LogP contribution in [-0.2, 0) is 0 Å². The topological polar surface area (TPSA) is 0 Å². The molecule has 8 aromatic carbocycles. The third kappa shape index (κ3) is 4.78. The molecule has 44 heavy (non-hydrogen) atoms. The number of unbranched alkanes of at least 4 members (excludes halogenated alkanes) is 3. The molecule has 0 spiro atoms. The summed E-state index contributed by atoms with van der Waals surface area (Å²) in [4.78, 5) is 0. The molecule has 0 aliphatic heterocycles. The lowest BCUT2D eigenvalue weighted by molar-refractivity contribution is 0.523. The van der Waals surface area contributed by atoms with E-state index in [1.54, 1.807) is 5.56 Å². The highest BCUT2D eigenvalue weighted by Gasteiger charge is 2.15. The van der Waals surface area contributed by atoms with Crippen molar-refractivity contribution in [2.75, 3.05) is 0 Å². The van der Waals surface area contributed by atoms with Gasteiger partial charge in [0.1, 0.15) is 0 Å². The highest BCUT2D eigenvalue weighted by molar-refractivity contribution is 6.17. The van der Waals surface area contributed by atoms with Crippen LogP contribution in [0.3, 0.4) is 0 Å². The van der Waals surface area contributed by atoms with Crippen LogP contribution in [0, 0.1) is 0 Å². The maximum absolute atomic E-state index is 2.49. The Morgan fingerprint density at radius 1 is 0.364 bits per heavy atom. The van der Waals surface area contributed by atoms with E-state index in [4.69, 9.17) is 0 Å². The number of hydrogen-bond acceptors (Lipinski definition) is 0. The average Bonchev–Trinajstić information content (AvgIpc) is 3.05. The van der Waals surface area contributed by atoms with Crippen molar-refractivity contribution in [3.63, 3.8) is 0 Å². The first-order valence-electron chi connectivity index (χ1n) is 16.8. The van der Waals surface area contributed by atoms with Crippen molar-refractivity contribution in [3.05, 3.63) is 121 Å². The Bertz CT molecular complexity index is 2340. The first-order chi connectivity index (χ1) is 21.7. The summed E-state index contributed by atoms with van der Waals surface area (Å²) in [7, 11) is 0. The monoisotopic (exact) mass is 568 g/mol. The van der Waals surface area contributed by atoms with E-state index >= 15 is 0 Å². The molecule has 0 saturated heterocycles. The molecule has 216 valence electrons. The number of hydrogen-bond donors (Lipinski definition) is 0. The maximum Gasteiger partial charge on any atom is -0.00988 e. The van der Waals surface area contributed by atoms with Crippen LogP contribution in [0.2, 0.25) is 0 Å². The van der Waals surface area contributed by atoms with Crippen LogP contribution >= 0.6 is 0 Å². The predicted octanol–water partition coefficient (Wildman–Crippen LogP) is 13.6. The summed E-state index contributed by atoms with van der Waals surface area (Å²) in [5, 5.41) is 18.6. The molecule has 0 aliphatic rings. The normalized spacial score (nSPS) is 12.9. The zero-order chi connectivity index (χ0) is 29.6. The Morgan fingerprint density at radius 2 is 0.841 bits per heavy atom. The lowest BCUT2D eigenvalue weighted by Crippen LogP contribution is -2.00. The summed E-state index contributed by atoms with van der Waals surface area (Å²) in [6.07, 6.45) is 9.13. The fourth-order valence-corrected chi connectivity index (χ4v) is 7.78. The van der Waals surface area contributed by atoms with E-state index in [1.807, 2.05) is 0 Å². The first-order valence-corrected chi connectivity index (χ1v) is 16.8. The minimum atomic E-state index is 0.637. The van der Waals surface area contributed by atoms with Gasteiger partial charge in [-0.05, 0) is 160 Å². The molecule has 0 N–H and O–H groups in total. The summed E-state index contributed by atoms with van der Waals surface area (Å²) in [5.41, 5.74) is 1.55. The standard InChI is InChI=1S/C44H40/c1-3-5-6-7-12-29(11-4-2)41-16-10-15-32-21-37-22-33-17-18-34-23-38-24-35-19-30-13-8-9-14-31(30)20-36(35)25-39(38)26-43(34)44(33)28-40(37)27-42(32)41/h8-10,13-29H,3-7,11-12H2,1-2H3. The summed E-state index contributed by atoms with van der Waals surface area (Å²) in [6, 6.07) is 44.3. The van der Waals surface area contributed by atoms with Gasteiger partial charge in [-0.15, -0.1) is 0 Å². The molecule has 1 unspecified atom stereocenters. The van der Waals surface area contributed by atoms with Gasteiger partial charge < -0.3 is 0 Å². The Morgan fingerprint density at radius 3 is 1.43 bits per heavy atom. The van der Waals surface area contributed by atoms with Crippen LogP contribution in [0.5, 0.6) is 0 Å². The minimum Gasteiger partial charge on any atom is -0.0654 e. The van der Waals surface area contributed by atoms with Gasteiger partial charge in [0.25, 0.3) is 0 Å². The molecular formula is C44H40. The molecule has 0 saturated carbocycles. The molecule has 0 fully saturated rings. The molecule has 0 aromatic heterocycles. The van der Waals surface area contributed by atoms with Gasteiger partial charge in [0.05, 0.1) is 0 Å². The zero-order valence-corrected chi connectivity index (χ0v) is 26.0. The first kappa shape index (κ1) is 27.2. The van der Waals surface area contributed by atoms with E-state index in [9.17, 15) is 0 Å². The Hall–Kier alpha value is -4.42. The molecule has 1 atom stereocenters. The maximum atomic E-state index is 2.49. The van der Waals surface area contributed by atoms with Crippen molar-refractivity contribution in [1.29, 1.82) is 0 Å². The van der Waals surface area contributed by atoms with Gasteiger partial charge >= 0.3 is 0 Å². The third-order valence-corrected chi connectivity index (χ3v) is 10.1. The van der Waals surface area contributed by atoms with Gasteiger partial charge in [0.15, 0.2) is 0 Å². The second-order valence-electron chi connectivity index (χ2n) is 13.1. The molecule has 0 aliphatic carbocycles. The molecule has 0 radical (unpaired) electrons. The summed E-state index contributed by atoms with van der Waals surface area (Å²) in [5.74, 6) is 0.637. The zero-order valence-electron chi connectivity index (χ0n) is 26.0. The highest BCUT2D eigenvalue weighted by atomic mass is 14.2. The van der Waals surface area contributed by atoms with Gasteiger partial charge in [-0.2, -0.15) is 0 Å². The van der Waals surface area contributed by atoms with E-state index < -0.39 is 0 Å². The molecule has 8 rings (SSSR count). The largest absolute Gasteiger partial charge is 0.0654 e. The van der Waals surface area contributed by atoms with Crippen molar-refractivity contribution >= 4 is 75.4 Å². The van der Waals surface area contributed by atoms with Gasteiger partial charge in [0.2, 0.25) is 0 Å². The average molecular weight is 569 g/mol. The van der Waals surface area contributed by atoms with Crippen molar-refractivity contribution < 1.29 is 0 Å². The van der Waals surface area contributed by atoms with Crippen LogP contribution in [0.25, 0.3) is 75.4 Å². The molecule has 0 heterocycles. The van der Waals surface area contributed by atoms with E-state index in [1.165, 1.54) is 120 Å². The molecular weight excluding hydrogens is 528 g/mol. The number of benzene rings is 8. The smallest absolute Gasteiger partial charge is 0.00988 e. The molecule has 0 heteroatoms. The van der Waals surface area contributed by atoms with Crippen LogP contribution in [0.4, 0.5) is 0 Å². The van der Waals surface area contributed by atoms with E-state index in [2.05, 4.69) is 129 Å². The van der Waals surface area contributed by atoms with Crippen molar-refractivity contribution in [2.45, 2.75) is 64.7 Å². The van der Waals surface area contributed by atoms with Crippen LogP contribution < -0.4 is 0 Å². The fourth-order valence-electron chi connectivity index (χ4n) is 7.78. The van der Waals surface area contributed by atoms with Crippen molar-refractivity contribution in [1.82, 2.24) is 0 Å². The van der Waals surface area contributed by atoms with Crippen LogP contribution in [-0.4, -0.2) is 0 Å². The summed E-state index contributed by atoms with van der Waals surface area (Å²) < 4.78 is 0. The van der Waals surface area contributed by atoms with Gasteiger partial charge in [0, 0.05) is 0 Å². The van der Waals surface area contributed by atoms with Gasteiger partial charge in [-0.1, -0.05) is 101 Å². The predicted molar refractivity (Wildman–Crippen MR) is 195 cm³/mol. The van der Waals surface area contributed by atoms with E-state index in [0.717, 1.165) is 0 Å². The van der Waals surface area contributed by atoms with Crippen molar-refractivity contribution in [3.8, 4) is 0 Å². The Kier molecular flexibility index (Phi) is 6.94. The third-order valence-electron chi connectivity index (χ3n) is 10.1. The fraction of sp³-hybridized carbons (Fsp3) is 0.227. The van der Waals surface area contributed by atoms with Crippen LogP contribution in [0.1, 0.15) is 70.3 Å². The summed E-state index contributed by atoms with van der Waals surface area (Å²) in [6.45, 7) is 4.64. The molecule has 0 bridgehead atoms. The van der Waals surface area contributed by atoms with Crippen LogP contribution in [0.15, 0.2) is 115 Å². The Balaban J connectivity index is 1.29. The van der Waals surface area contributed by atoms with E-state index in [0.29, 0.717) is 5.92 Å². The second kappa shape index (κ2) is 11.3. The second-order valence-corrected chi connectivity index (χ2v) is 13.1. The molecule has 0 nitrogen and oxygen atoms in total. The SMILES string of the molecule is CCCCCCC(CCC)c1cccc2cc3cc4ccc5cc6cc7cc8ccccc8cc7cc6cc5c4cc3cc12. The number of fused-ring (bicyclic) bond motifs is 8. The van der Waals surface area contributed by atoms with Crippen molar-refractivity contribution in [2.24, 2.45) is 0 Å². The molecule has 8 aromatic rings. The summed E-state index contributed by atoms with van der Waals surface area (Å²) >= 11 is 0. The van der Waals surface area contributed by atoms with Gasteiger partial charge in [-0.25, -0.2) is 0 Å². The highest BCUT2D eigenvalue weighted by Crippen LogP contribution is 2.38. The van der Waals surface area contributed by atoms with E-state index in [-0.39, 0.29) is 0 Å². The molecule has 0 amide bonds. The minimum absolute atomic E-state index is 0.637.